The zero-order valence-electron chi connectivity index (χ0n) is 30.1. The van der Waals surface area contributed by atoms with Crippen molar-refractivity contribution in [2.24, 2.45) is 23.7 Å². The van der Waals surface area contributed by atoms with Gasteiger partial charge in [-0.1, -0.05) is 45.9 Å². The first-order chi connectivity index (χ1) is 23.9. The fourth-order valence-corrected chi connectivity index (χ4v) is 7.05. The molecule has 51 heavy (non-hydrogen) atoms. The largest absolute Gasteiger partial charge is 0.507 e. The lowest BCUT2D eigenvalue weighted by atomic mass is 9.78. The summed E-state index contributed by atoms with van der Waals surface area (Å²) in [6.07, 6.45) is 5.28. The van der Waals surface area contributed by atoms with E-state index in [1.54, 1.807) is 52.8 Å². The number of esters is 1. The standard InChI is InChI=1S/C38H44N2O11/c1-16-11-10-12-17(2)37-39-15-23-28(40-37)33(46)26-25(32(23)45)27-35(21(6)31(26)44)51-38(8,36(27)47)49-14-13-24(48-9)18(3)34(50-22(7)41)20(5)30(43)19(4)29(16)42/h10-16,18-20,24,29-30,34,42-44H,1-9H3/b11-10+,14-13+,17-12-/t16-,18+,19+,20+,24-,29-,30+,34+,38-/m0/s1. The van der Waals surface area contributed by atoms with Gasteiger partial charge in [-0.3, -0.25) is 19.2 Å². The van der Waals surface area contributed by atoms with Crippen LogP contribution >= 0.6 is 0 Å². The normalized spacial score (nSPS) is 33.2. The van der Waals surface area contributed by atoms with Gasteiger partial charge in [0.2, 0.25) is 5.78 Å². The molecule has 6 rings (SSSR count). The number of carbonyl (C=O) groups excluding carboxylic acids is 4. The van der Waals surface area contributed by atoms with Crippen molar-refractivity contribution in [3.63, 3.8) is 0 Å². The van der Waals surface area contributed by atoms with Gasteiger partial charge in [0.15, 0.2) is 11.6 Å². The van der Waals surface area contributed by atoms with Crippen molar-refractivity contribution in [1.29, 1.82) is 0 Å². The lowest BCUT2D eigenvalue weighted by Crippen LogP contribution is -2.46. The predicted molar refractivity (Wildman–Crippen MR) is 183 cm³/mol. The van der Waals surface area contributed by atoms with E-state index >= 15 is 0 Å². The number of ether oxygens (including phenoxy) is 4. The van der Waals surface area contributed by atoms with Crippen molar-refractivity contribution >= 4 is 28.9 Å². The zero-order valence-corrected chi connectivity index (χ0v) is 30.1. The SMILES string of the molecule is CO[C@H]1/C=C/O[C@@]2(C)Oc3c(C)c(O)c4c(c3C2=O)C(=O)c2cnc(nc2C4=O)/C(C)=C\C=C\[C@H](C)[C@H](O)[C@@H](C)[C@@H](O)[C@@H](C)[C@H](OC(C)=O)[C@@H]1C. The molecule has 13 nitrogen and oxygen atoms in total. The van der Waals surface area contributed by atoms with Crippen LogP contribution in [0.5, 0.6) is 11.5 Å². The molecule has 7 bridgehead atoms. The number of hydrogen-bond acceptors (Lipinski definition) is 13. The molecule has 1 aromatic heterocycles. The van der Waals surface area contributed by atoms with Crippen LogP contribution in [-0.2, 0) is 19.0 Å². The van der Waals surface area contributed by atoms with Gasteiger partial charge in [-0.2, -0.15) is 0 Å². The molecule has 272 valence electrons. The van der Waals surface area contributed by atoms with Crippen LogP contribution < -0.4 is 4.74 Å². The van der Waals surface area contributed by atoms with E-state index in [-0.39, 0.29) is 45.1 Å². The lowest BCUT2D eigenvalue weighted by Gasteiger charge is -2.38. The van der Waals surface area contributed by atoms with Gasteiger partial charge < -0.3 is 34.3 Å². The molecular weight excluding hydrogens is 660 g/mol. The van der Waals surface area contributed by atoms with E-state index in [1.165, 1.54) is 46.4 Å². The van der Waals surface area contributed by atoms with Gasteiger partial charge in [-0.25, -0.2) is 9.97 Å². The van der Waals surface area contributed by atoms with Crippen molar-refractivity contribution in [2.75, 3.05) is 7.11 Å². The minimum Gasteiger partial charge on any atom is -0.507 e. The van der Waals surface area contributed by atoms with Gasteiger partial charge in [0.25, 0.3) is 5.78 Å². The number of aliphatic hydroxyl groups excluding tert-OH is 2. The number of fused-ring (bicyclic) bond motifs is 12. The number of hydrogen-bond donors (Lipinski definition) is 3. The Bertz CT molecular complexity index is 1880. The first kappa shape index (κ1) is 37.5. The lowest BCUT2D eigenvalue weighted by molar-refractivity contribution is -0.160. The summed E-state index contributed by atoms with van der Waals surface area (Å²) < 4.78 is 23.3. The molecule has 4 heterocycles. The van der Waals surface area contributed by atoms with Crippen molar-refractivity contribution in [3.8, 4) is 11.5 Å². The van der Waals surface area contributed by atoms with E-state index in [0.29, 0.717) is 5.57 Å². The second-order valence-corrected chi connectivity index (χ2v) is 13.8. The maximum absolute atomic E-state index is 14.0. The number of benzene rings is 1. The van der Waals surface area contributed by atoms with E-state index in [1.807, 2.05) is 0 Å². The molecule has 4 aliphatic rings. The monoisotopic (exact) mass is 704 g/mol. The highest BCUT2D eigenvalue weighted by Crippen LogP contribution is 2.48. The summed E-state index contributed by atoms with van der Waals surface area (Å²) in [5.41, 5.74) is -0.667. The number of aromatic hydroxyl groups is 1. The summed E-state index contributed by atoms with van der Waals surface area (Å²) >= 11 is 0. The zero-order chi connectivity index (χ0) is 37.7. The van der Waals surface area contributed by atoms with Crippen molar-refractivity contribution in [3.05, 3.63) is 76.1 Å². The molecule has 13 heteroatoms. The van der Waals surface area contributed by atoms with Crippen molar-refractivity contribution in [1.82, 2.24) is 9.97 Å². The van der Waals surface area contributed by atoms with E-state index in [0.717, 1.165) is 0 Å². The summed E-state index contributed by atoms with van der Waals surface area (Å²) in [7, 11) is 1.43. The molecule has 0 saturated carbocycles. The highest BCUT2D eigenvalue weighted by Gasteiger charge is 2.52. The van der Waals surface area contributed by atoms with Gasteiger partial charge in [0, 0.05) is 56.4 Å². The van der Waals surface area contributed by atoms with E-state index in [2.05, 4.69) is 9.97 Å². The first-order valence-electron chi connectivity index (χ1n) is 16.8. The van der Waals surface area contributed by atoms with E-state index in [9.17, 15) is 34.5 Å². The molecule has 0 spiro atoms. The Morgan fingerprint density at radius 2 is 1.63 bits per heavy atom. The van der Waals surface area contributed by atoms with Crippen LogP contribution in [0.4, 0.5) is 0 Å². The second kappa shape index (κ2) is 14.1. The molecule has 1 aromatic carbocycles. The minimum atomic E-state index is -2.01. The highest BCUT2D eigenvalue weighted by molar-refractivity contribution is 6.32. The van der Waals surface area contributed by atoms with E-state index in [4.69, 9.17) is 18.9 Å². The summed E-state index contributed by atoms with van der Waals surface area (Å²) in [6, 6.07) is 0. The van der Waals surface area contributed by atoms with Crippen LogP contribution in [0.3, 0.4) is 0 Å². The predicted octanol–water partition coefficient (Wildman–Crippen LogP) is 4.27. The molecule has 1 aliphatic carbocycles. The molecule has 2 aromatic rings. The van der Waals surface area contributed by atoms with Crippen LogP contribution in [0, 0.1) is 30.6 Å². The Hall–Kier alpha value is -4.72. The van der Waals surface area contributed by atoms with Gasteiger partial charge in [-0.15, -0.1) is 0 Å². The molecule has 0 amide bonds. The van der Waals surface area contributed by atoms with Crippen LogP contribution in [0.1, 0.15) is 102 Å². The average Bonchev–Trinajstić information content (AvgIpc) is 3.36. The smallest absolute Gasteiger partial charge is 0.312 e. The number of aliphatic hydroxyl groups is 2. The van der Waals surface area contributed by atoms with Crippen LogP contribution in [-0.4, -0.2) is 85.9 Å². The molecule has 3 aliphatic heterocycles. The Kier molecular flexibility index (Phi) is 10.4. The third-order valence-electron chi connectivity index (χ3n) is 10.3. The summed E-state index contributed by atoms with van der Waals surface area (Å²) in [5, 5.41) is 33.9. The second-order valence-electron chi connectivity index (χ2n) is 13.8. The number of ketones is 3. The Morgan fingerprint density at radius 3 is 2.27 bits per heavy atom. The average molecular weight is 705 g/mol. The Labute approximate surface area is 296 Å². The number of allylic oxidation sites excluding steroid dienone is 3. The maximum atomic E-state index is 14.0. The number of Topliss-reactive ketones (excluding diaryl/α,β-unsaturated/α-hetero) is 1. The fraction of sp³-hybridized carbons (Fsp3) is 0.474. The van der Waals surface area contributed by atoms with Crippen LogP contribution in [0.15, 0.2) is 36.8 Å². The van der Waals surface area contributed by atoms with Gasteiger partial charge >= 0.3 is 11.8 Å². The van der Waals surface area contributed by atoms with Gasteiger partial charge in [-0.05, 0) is 25.5 Å². The third-order valence-corrected chi connectivity index (χ3v) is 10.3. The Morgan fingerprint density at radius 1 is 0.941 bits per heavy atom. The van der Waals surface area contributed by atoms with Gasteiger partial charge in [0.1, 0.15) is 23.3 Å². The number of phenols is 1. The number of methoxy groups -OCH3 is 1. The van der Waals surface area contributed by atoms with Crippen LogP contribution in [0.2, 0.25) is 0 Å². The quantitative estimate of drug-likeness (QED) is 0.321. The molecule has 0 unspecified atom stereocenters. The molecular formula is C38H44N2O11. The molecule has 0 radical (unpaired) electrons. The van der Waals surface area contributed by atoms with Crippen LogP contribution in [0.25, 0.3) is 5.57 Å². The van der Waals surface area contributed by atoms with Gasteiger partial charge in [0.05, 0.1) is 46.8 Å². The number of phenolic OH excluding ortho intramolecular Hbond substituents is 1. The van der Waals surface area contributed by atoms with Crippen molar-refractivity contribution < 1.29 is 53.4 Å². The third kappa shape index (κ3) is 6.49. The maximum Gasteiger partial charge on any atom is 0.312 e. The number of aromatic nitrogens is 2. The number of nitrogens with zero attached hydrogens (tertiary/aromatic N) is 2. The topological polar surface area (TPSA) is 192 Å². The molecule has 3 N–H and O–H groups in total. The summed E-state index contributed by atoms with van der Waals surface area (Å²) in [5.74, 6) is -7.61. The Balaban J connectivity index is 1.65. The number of rotatable bonds is 2. The molecule has 0 saturated heterocycles. The summed E-state index contributed by atoms with van der Waals surface area (Å²) in [4.78, 5) is 62.9. The fourth-order valence-electron chi connectivity index (χ4n) is 7.05. The molecule has 0 fully saturated rings. The molecule has 9 atom stereocenters. The van der Waals surface area contributed by atoms with Crippen molar-refractivity contribution in [2.45, 2.75) is 85.6 Å². The summed E-state index contributed by atoms with van der Waals surface area (Å²) in [6.45, 7) is 12.8. The minimum absolute atomic E-state index is 0.0599. The number of carbonyl (C=O) groups is 4. The first-order valence-corrected chi connectivity index (χ1v) is 16.8. The highest BCUT2D eigenvalue weighted by atomic mass is 16.7. The van der Waals surface area contributed by atoms with E-state index < -0.39 is 82.9 Å².